The van der Waals surface area contributed by atoms with Gasteiger partial charge in [-0.3, -0.25) is 4.90 Å². The van der Waals surface area contributed by atoms with E-state index in [4.69, 9.17) is 4.98 Å². The van der Waals surface area contributed by atoms with Crippen molar-refractivity contribution in [3.05, 3.63) is 45.2 Å². The molecule has 0 aromatic carbocycles. The lowest BCUT2D eigenvalue weighted by molar-refractivity contribution is 0.243. The molecule has 0 spiro atoms. The maximum absolute atomic E-state index is 4.83. The highest BCUT2D eigenvalue weighted by Gasteiger charge is 2.29. The van der Waals surface area contributed by atoms with Gasteiger partial charge in [-0.1, -0.05) is 0 Å². The number of aryl methyl sites for hydroxylation is 2. The Morgan fingerprint density at radius 3 is 2.83 bits per heavy atom. The number of hydrogen-bond donors (Lipinski definition) is 0. The average molecular weight is 331 g/mol. The number of nitrogens with zero attached hydrogens (tertiary/aromatic N) is 4. The highest BCUT2D eigenvalue weighted by Crippen LogP contribution is 2.35. The minimum absolute atomic E-state index is 0.425. The lowest BCUT2D eigenvalue weighted by Crippen LogP contribution is -2.25. The molecule has 1 aliphatic rings. The first-order valence-corrected chi connectivity index (χ1v) is 9.11. The predicted molar refractivity (Wildman–Crippen MR) is 95.6 cm³/mol. The van der Waals surface area contributed by atoms with Crippen molar-refractivity contribution in [3.8, 4) is 0 Å². The largest absolute Gasteiger partial charge is 0.305 e. The third-order valence-corrected chi connectivity index (χ3v) is 5.32. The number of aromatic nitrogens is 2. The third kappa shape index (κ3) is 3.97. The SMILES string of the molecule is Cc1ncc(CN(C)C)c([C@@H]2CCCN2Cc2ccc(C)s2)n1. The van der Waals surface area contributed by atoms with Crippen LogP contribution >= 0.6 is 11.3 Å². The molecule has 0 unspecified atom stereocenters. The van der Waals surface area contributed by atoms with Crippen molar-refractivity contribution in [1.82, 2.24) is 19.8 Å². The van der Waals surface area contributed by atoms with Crippen molar-refractivity contribution in [3.63, 3.8) is 0 Å². The van der Waals surface area contributed by atoms with Gasteiger partial charge in [-0.25, -0.2) is 9.97 Å². The van der Waals surface area contributed by atoms with E-state index in [0.29, 0.717) is 6.04 Å². The topological polar surface area (TPSA) is 32.3 Å². The van der Waals surface area contributed by atoms with E-state index in [1.807, 2.05) is 24.5 Å². The van der Waals surface area contributed by atoms with E-state index in [1.165, 1.54) is 33.9 Å². The molecule has 1 fully saturated rings. The second-order valence-corrected chi connectivity index (χ2v) is 8.08. The summed E-state index contributed by atoms with van der Waals surface area (Å²) in [4.78, 5) is 16.9. The number of hydrogen-bond acceptors (Lipinski definition) is 5. The number of rotatable bonds is 5. The Morgan fingerprint density at radius 1 is 1.30 bits per heavy atom. The van der Waals surface area contributed by atoms with E-state index in [-0.39, 0.29) is 0 Å². The van der Waals surface area contributed by atoms with Crippen molar-refractivity contribution in [2.45, 2.75) is 45.8 Å². The van der Waals surface area contributed by atoms with Crippen molar-refractivity contribution >= 4 is 11.3 Å². The summed E-state index contributed by atoms with van der Waals surface area (Å²) in [6, 6.07) is 4.91. The molecule has 5 heteroatoms. The minimum atomic E-state index is 0.425. The summed E-state index contributed by atoms with van der Waals surface area (Å²) >= 11 is 1.91. The molecule has 1 saturated heterocycles. The molecule has 1 atom stereocenters. The summed E-state index contributed by atoms with van der Waals surface area (Å²) in [5.74, 6) is 0.876. The van der Waals surface area contributed by atoms with Gasteiger partial charge < -0.3 is 4.90 Å². The Balaban J connectivity index is 1.85. The van der Waals surface area contributed by atoms with Crippen LogP contribution in [0.4, 0.5) is 0 Å². The molecule has 3 rings (SSSR count). The monoisotopic (exact) mass is 330 g/mol. The van der Waals surface area contributed by atoms with E-state index in [9.17, 15) is 0 Å². The van der Waals surface area contributed by atoms with Crippen molar-refractivity contribution in [2.75, 3.05) is 20.6 Å². The van der Waals surface area contributed by atoms with Crippen LogP contribution in [0.25, 0.3) is 0 Å². The van der Waals surface area contributed by atoms with E-state index in [1.54, 1.807) is 0 Å². The fourth-order valence-electron chi connectivity index (χ4n) is 3.36. The van der Waals surface area contributed by atoms with Gasteiger partial charge in [0, 0.05) is 34.6 Å². The highest BCUT2D eigenvalue weighted by molar-refractivity contribution is 7.11. The van der Waals surface area contributed by atoms with E-state index < -0.39 is 0 Å². The molecule has 2 aromatic rings. The predicted octanol–water partition coefficient (Wildman–Crippen LogP) is 3.55. The second kappa shape index (κ2) is 7.07. The molecule has 0 aliphatic carbocycles. The van der Waals surface area contributed by atoms with Gasteiger partial charge in [0.1, 0.15) is 5.82 Å². The molecule has 23 heavy (non-hydrogen) atoms. The molecule has 0 saturated carbocycles. The zero-order chi connectivity index (χ0) is 16.4. The first-order valence-electron chi connectivity index (χ1n) is 8.29. The van der Waals surface area contributed by atoms with Crippen molar-refractivity contribution in [2.24, 2.45) is 0 Å². The molecule has 1 aliphatic heterocycles. The van der Waals surface area contributed by atoms with Crippen LogP contribution in [0, 0.1) is 13.8 Å². The van der Waals surface area contributed by atoms with Gasteiger partial charge in [-0.2, -0.15) is 0 Å². The molecular formula is C18H26N4S. The van der Waals surface area contributed by atoms with E-state index in [2.05, 4.69) is 47.9 Å². The van der Waals surface area contributed by atoms with Gasteiger partial charge in [0.2, 0.25) is 0 Å². The van der Waals surface area contributed by atoms with Crippen LogP contribution in [0.3, 0.4) is 0 Å². The molecule has 2 aromatic heterocycles. The smallest absolute Gasteiger partial charge is 0.125 e. The highest BCUT2D eigenvalue weighted by atomic mass is 32.1. The zero-order valence-electron chi connectivity index (χ0n) is 14.5. The summed E-state index contributed by atoms with van der Waals surface area (Å²) in [6.45, 7) is 7.27. The van der Waals surface area contributed by atoms with Gasteiger partial charge in [0.05, 0.1) is 11.7 Å². The Kier molecular flexibility index (Phi) is 5.09. The first-order chi connectivity index (χ1) is 11.0. The van der Waals surface area contributed by atoms with Crippen LogP contribution in [-0.2, 0) is 13.1 Å². The Hall–Kier alpha value is -1.30. The van der Waals surface area contributed by atoms with Crippen LogP contribution in [0.5, 0.6) is 0 Å². The van der Waals surface area contributed by atoms with E-state index in [0.717, 1.165) is 25.5 Å². The Bertz CT molecular complexity index is 665. The van der Waals surface area contributed by atoms with Gasteiger partial charge in [0.25, 0.3) is 0 Å². The molecule has 0 N–H and O–H groups in total. The van der Waals surface area contributed by atoms with Gasteiger partial charge in [0.15, 0.2) is 0 Å². The van der Waals surface area contributed by atoms with Crippen LogP contribution in [-0.4, -0.2) is 40.4 Å². The standard InChI is InChI=1S/C18H26N4S/c1-13-7-8-16(23-13)12-22-9-5-6-17(22)18-15(11-21(3)4)10-19-14(2)20-18/h7-8,10,17H,5-6,9,11-12H2,1-4H3/t17-/m0/s1. The van der Waals surface area contributed by atoms with Crippen LogP contribution in [0.2, 0.25) is 0 Å². The Labute approximate surface area is 143 Å². The summed E-state index contributed by atoms with van der Waals surface area (Å²) in [6.07, 6.45) is 4.46. The summed E-state index contributed by atoms with van der Waals surface area (Å²) in [5, 5.41) is 0. The van der Waals surface area contributed by atoms with Gasteiger partial charge >= 0.3 is 0 Å². The minimum Gasteiger partial charge on any atom is -0.305 e. The van der Waals surface area contributed by atoms with Crippen molar-refractivity contribution in [1.29, 1.82) is 0 Å². The number of thiophene rings is 1. The van der Waals surface area contributed by atoms with Crippen LogP contribution in [0.1, 0.15) is 45.7 Å². The van der Waals surface area contributed by atoms with Gasteiger partial charge in [-0.05, 0) is 59.5 Å². The molecule has 0 bridgehead atoms. The fraction of sp³-hybridized carbons (Fsp3) is 0.556. The molecule has 124 valence electrons. The summed E-state index contributed by atoms with van der Waals surface area (Å²) in [5.41, 5.74) is 2.50. The van der Waals surface area contributed by atoms with Gasteiger partial charge in [-0.15, -0.1) is 11.3 Å². The van der Waals surface area contributed by atoms with Crippen molar-refractivity contribution < 1.29 is 0 Å². The maximum atomic E-state index is 4.83. The molecule has 4 nitrogen and oxygen atoms in total. The lowest BCUT2D eigenvalue weighted by Gasteiger charge is -2.26. The Morgan fingerprint density at radius 2 is 2.13 bits per heavy atom. The normalized spacial score (nSPS) is 18.9. The maximum Gasteiger partial charge on any atom is 0.125 e. The number of likely N-dealkylation sites (tertiary alicyclic amines) is 1. The average Bonchev–Trinajstić information content (AvgIpc) is 3.10. The molecule has 3 heterocycles. The summed E-state index contributed by atoms with van der Waals surface area (Å²) in [7, 11) is 4.20. The van der Waals surface area contributed by atoms with Crippen LogP contribution < -0.4 is 0 Å². The second-order valence-electron chi connectivity index (χ2n) is 6.71. The molecule has 0 amide bonds. The van der Waals surface area contributed by atoms with Crippen LogP contribution in [0.15, 0.2) is 18.3 Å². The van der Waals surface area contributed by atoms with E-state index >= 15 is 0 Å². The summed E-state index contributed by atoms with van der Waals surface area (Å²) < 4.78 is 0. The fourth-order valence-corrected chi connectivity index (χ4v) is 4.27. The lowest BCUT2D eigenvalue weighted by atomic mass is 10.1. The quantitative estimate of drug-likeness (QED) is 0.839. The first kappa shape index (κ1) is 16.6. The molecular weight excluding hydrogens is 304 g/mol. The zero-order valence-corrected chi connectivity index (χ0v) is 15.4. The molecule has 0 radical (unpaired) electrons. The third-order valence-electron chi connectivity index (χ3n) is 4.34.